The maximum Gasteiger partial charge on any atom is 0.325 e. The van der Waals surface area contributed by atoms with Crippen LogP contribution in [-0.2, 0) is 38.2 Å². The van der Waals surface area contributed by atoms with Crippen molar-refractivity contribution in [2.24, 2.45) is 0 Å². The van der Waals surface area contributed by atoms with E-state index >= 15 is 0 Å². The number of rotatable bonds is 14. The van der Waals surface area contributed by atoms with Gasteiger partial charge in [-0.05, 0) is 45.6 Å². The largest absolute Gasteiger partial charge is 0.464 e. The van der Waals surface area contributed by atoms with Crippen molar-refractivity contribution in [2.45, 2.75) is 34.4 Å². The number of esters is 1. The molecule has 1 saturated heterocycles. The van der Waals surface area contributed by atoms with Crippen LogP contribution in [0, 0.1) is 0 Å². The van der Waals surface area contributed by atoms with Gasteiger partial charge in [-0.3, -0.25) is 24.0 Å². The highest BCUT2D eigenvalue weighted by molar-refractivity contribution is 8.00. The van der Waals surface area contributed by atoms with Crippen LogP contribution in [0.1, 0.15) is 46.2 Å². The molecular weight excluding hydrogens is 865 g/mol. The molecule has 1 fully saturated rings. The normalized spacial score (nSPS) is 16.9. The fourth-order valence-electron chi connectivity index (χ4n) is 7.99. The number of allylic oxidation sites excluding steroid dienone is 1. The van der Waals surface area contributed by atoms with Gasteiger partial charge < -0.3 is 26.0 Å². The highest BCUT2D eigenvalue weighted by Crippen LogP contribution is 2.50. The van der Waals surface area contributed by atoms with Gasteiger partial charge in [-0.15, -0.1) is 23.5 Å². The highest BCUT2D eigenvalue weighted by atomic mass is 32.2. The van der Waals surface area contributed by atoms with Crippen molar-refractivity contribution >= 4 is 53.1 Å². The fraction of sp³-hybridized carbons (Fsp3) is 0.204. The molecule has 1 aliphatic rings. The molecule has 6 aromatic rings. The van der Waals surface area contributed by atoms with E-state index in [0.717, 1.165) is 33.4 Å². The molecule has 1 heterocycles. The van der Waals surface area contributed by atoms with E-state index in [1.807, 2.05) is 152 Å². The minimum Gasteiger partial charge on any atom is -0.464 e. The lowest BCUT2D eigenvalue weighted by atomic mass is 9.84. The summed E-state index contributed by atoms with van der Waals surface area (Å²) in [6.07, 6.45) is 3.79. The van der Waals surface area contributed by atoms with Crippen LogP contribution in [0.25, 0.3) is 0 Å². The predicted octanol–water partition coefficient (Wildman–Crippen LogP) is 7.53. The van der Waals surface area contributed by atoms with Gasteiger partial charge in [0.15, 0.2) is 0 Å². The average Bonchev–Trinajstić information content (AvgIpc) is 3.37. The fourth-order valence-corrected chi connectivity index (χ4v) is 11.0. The average molecular weight is 917 g/mol. The van der Waals surface area contributed by atoms with E-state index in [4.69, 9.17) is 4.74 Å². The Hall–Kier alpha value is -6.89. The molecule has 6 aromatic carbocycles. The Morgan fingerprint density at radius 3 is 1.36 bits per heavy atom. The van der Waals surface area contributed by atoms with Crippen molar-refractivity contribution in [2.75, 3.05) is 31.2 Å². The van der Waals surface area contributed by atoms with Crippen LogP contribution in [-0.4, -0.2) is 72.9 Å². The molecule has 2 unspecified atom stereocenters. The van der Waals surface area contributed by atoms with Crippen LogP contribution in [0.2, 0.25) is 0 Å². The smallest absolute Gasteiger partial charge is 0.325 e. The summed E-state index contributed by atoms with van der Waals surface area (Å²) in [6, 6.07) is 58.6. The Morgan fingerprint density at radius 1 is 0.500 bits per heavy atom. The number of ether oxygens (including phenoxy) is 1. The number of amides is 4. The van der Waals surface area contributed by atoms with Gasteiger partial charge in [0.05, 0.1) is 22.5 Å². The van der Waals surface area contributed by atoms with Crippen LogP contribution in [0.3, 0.4) is 0 Å². The quantitative estimate of drug-likeness (QED) is 0.0381. The summed E-state index contributed by atoms with van der Waals surface area (Å²) in [5.74, 6) is -2.46. The Labute approximate surface area is 394 Å². The molecule has 66 heavy (non-hydrogen) atoms. The lowest BCUT2D eigenvalue weighted by Gasteiger charge is -2.36. The summed E-state index contributed by atoms with van der Waals surface area (Å²) in [7, 11) is 0. The number of hydrogen-bond acceptors (Lipinski definition) is 8. The molecule has 0 saturated carbocycles. The molecule has 2 atom stereocenters. The molecule has 0 radical (unpaired) electrons. The summed E-state index contributed by atoms with van der Waals surface area (Å²) < 4.78 is 3.78. The van der Waals surface area contributed by atoms with Gasteiger partial charge in [0.1, 0.15) is 25.2 Å². The molecule has 0 bridgehead atoms. The van der Waals surface area contributed by atoms with Gasteiger partial charge in [-0.2, -0.15) is 0 Å². The Morgan fingerprint density at radius 2 is 0.924 bits per heavy atom. The molecule has 4 amide bonds. The Kier molecular flexibility index (Phi) is 16.7. The second-order valence-corrected chi connectivity index (χ2v) is 18.0. The minimum absolute atomic E-state index is 0.0613. The molecular formula is C54H52N4O6S2. The van der Waals surface area contributed by atoms with Crippen molar-refractivity contribution in [1.82, 2.24) is 21.3 Å². The van der Waals surface area contributed by atoms with Crippen LogP contribution in [0.15, 0.2) is 194 Å². The molecule has 0 aromatic heterocycles. The standard InChI is InChI=1S/C54H52N4O6S2/c59-48-34-35-64-50(61)38-56-51(62)46(33-19-20-36-65-53(40-21-7-1-8-22-40,41-23-9-2-10-24-41)42-25-11-3-12-26-42)58-52(63)47(57-49(60)37-55-48)39-66-54(43-27-13-4-14-28-43,44-29-15-5-16-30-44)45-31-17-6-18-32-45/h1-19,21-33,46-47H,20,34-39H2,(H,55,59)(H,56,62)(H,57,60)(H,58,63)/b33-19+. The number of nitrogens with one attached hydrogen (secondary N) is 4. The third-order valence-corrected chi connectivity index (χ3v) is 14.4. The highest BCUT2D eigenvalue weighted by Gasteiger charge is 2.40. The molecule has 10 nitrogen and oxygen atoms in total. The van der Waals surface area contributed by atoms with Crippen LogP contribution in [0.4, 0.5) is 0 Å². The van der Waals surface area contributed by atoms with E-state index in [0.29, 0.717) is 12.2 Å². The van der Waals surface area contributed by atoms with E-state index in [9.17, 15) is 24.0 Å². The third-order valence-electron chi connectivity index (χ3n) is 11.2. The predicted molar refractivity (Wildman–Crippen MR) is 263 cm³/mol. The topological polar surface area (TPSA) is 143 Å². The van der Waals surface area contributed by atoms with Crippen molar-refractivity contribution < 1.29 is 28.7 Å². The molecule has 12 heteroatoms. The van der Waals surface area contributed by atoms with Crippen LogP contribution < -0.4 is 21.3 Å². The number of carbonyl (C=O) groups is 5. The monoisotopic (exact) mass is 916 g/mol. The molecule has 4 N–H and O–H groups in total. The van der Waals surface area contributed by atoms with Gasteiger partial charge in [0, 0.05) is 5.75 Å². The maximum absolute atomic E-state index is 14.6. The van der Waals surface area contributed by atoms with Gasteiger partial charge in [-0.1, -0.05) is 194 Å². The molecule has 7 rings (SSSR count). The summed E-state index contributed by atoms with van der Waals surface area (Å²) in [5, 5.41) is 10.9. The summed E-state index contributed by atoms with van der Waals surface area (Å²) in [4.78, 5) is 67.3. The van der Waals surface area contributed by atoms with E-state index in [1.165, 1.54) is 11.8 Å². The lowest BCUT2D eigenvalue weighted by molar-refractivity contribution is -0.145. The van der Waals surface area contributed by atoms with Gasteiger partial charge in [0.2, 0.25) is 23.6 Å². The van der Waals surface area contributed by atoms with Crippen molar-refractivity contribution in [1.29, 1.82) is 0 Å². The molecule has 1 aliphatic heterocycles. The first-order valence-electron chi connectivity index (χ1n) is 21.9. The number of benzene rings is 6. The van der Waals surface area contributed by atoms with Gasteiger partial charge >= 0.3 is 5.97 Å². The molecule has 0 aliphatic carbocycles. The minimum atomic E-state index is -1.23. The Balaban J connectivity index is 1.18. The van der Waals surface area contributed by atoms with E-state index < -0.39 is 64.3 Å². The number of hydrogen-bond donors (Lipinski definition) is 4. The molecule has 336 valence electrons. The number of carbonyl (C=O) groups excluding carboxylic acids is 5. The second-order valence-electron chi connectivity index (χ2n) is 15.5. The first kappa shape index (κ1) is 47.1. The van der Waals surface area contributed by atoms with E-state index in [1.54, 1.807) is 17.8 Å². The Bertz CT molecular complexity index is 2360. The number of cyclic esters (lactones) is 1. The van der Waals surface area contributed by atoms with Gasteiger partial charge in [0.25, 0.3) is 0 Å². The molecule has 0 spiro atoms. The van der Waals surface area contributed by atoms with Crippen molar-refractivity contribution in [3.05, 3.63) is 228 Å². The first-order valence-corrected chi connectivity index (χ1v) is 23.8. The van der Waals surface area contributed by atoms with Crippen molar-refractivity contribution in [3.8, 4) is 0 Å². The zero-order chi connectivity index (χ0) is 46.0. The SMILES string of the molecule is O=C1CCOC(=O)CNC(=O)C(/C=C/CCSC(c2ccccc2)(c2ccccc2)c2ccccc2)NC(=O)C(CSC(c2ccccc2)(c2ccccc2)c2ccccc2)NC(=O)CN1. The summed E-state index contributed by atoms with van der Waals surface area (Å²) in [5.41, 5.74) is 6.23. The summed E-state index contributed by atoms with van der Waals surface area (Å²) >= 11 is 3.24. The third kappa shape index (κ3) is 11.7. The van der Waals surface area contributed by atoms with Crippen LogP contribution >= 0.6 is 23.5 Å². The maximum atomic E-state index is 14.6. The van der Waals surface area contributed by atoms with E-state index in [-0.39, 0.29) is 18.8 Å². The zero-order valence-electron chi connectivity index (χ0n) is 36.3. The van der Waals surface area contributed by atoms with Crippen LogP contribution in [0.5, 0.6) is 0 Å². The lowest BCUT2D eigenvalue weighted by Crippen LogP contribution is -2.55. The zero-order valence-corrected chi connectivity index (χ0v) is 38.0. The number of thioether (sulfide) groups is 2. The first-order chi connectivity index (χ1) is 32.3. The van der Waals surface area contributed by atoms with E-state index in [2.05, 4.69) is 57.7 Å². The van der Waals surface area contributed by atoms with Crippen molar-refractivity contribution in [3.63, 3.8) is 0 Å². The second kappa shape index (κ2) is 23.3. The van der Waals surface area contributed by atoms with Gasteiger partial charge in [-0.25, -0.2) is 0 Å². The summed E-state index contributed by atoms with van der Waals surface area (Å²) in [6.45, 7) is -1.13.